The standard InChI is InChI=1S/C16H21NO2/c1-2-3-7-14-10-11-17(12-14)16(18)19-13-15-8-5-4-6-9-15/h2,4-6,8-9,14H,1,3,7,10-13H2/t14-/m1/s1. The van der Waals surface area contributed by atoms with Crippen molar-refractivity contribution in [3.63, 3.8) is 0 Å². The number of hydrogen-bond donors (Lipinski definition) is 0. The predicted molar refractivity (Wildman–Crippen MR) is 75.7 cm³/mol. The average molecular weight is 259 g/mol. The summed E-state index contributed by atoms with van der Waals surface area (Å²) in [7, 11) is 0. The van der Waals surface area contributed by atoms with Crippen molar-refractivity contribution in [2.24, 2.45) is 5.92 Å². The van der Waals surface area contributed by atoms with Crippen LogP contribution in [-0.2, 0) is 11.3 Å². The fourth-order valence-corrected chi connectivity index (χ4v) is 2.40. The topological polar surface area (TPSA) is 29.5 Å². The van der Waals surface area contributed by atoms with Gasteiger partial charge in [0.25, 0.3) is 0 Å². The summed E-state index contributed by atoms with van der Waals surface area (Å²) in [6.45, 7) is 5.72. The molecule has 2 rings (SSSR count). The third kappa shape index (κ3) is 4.12. The molecular formula is C16H21NO2. The van der Waals surface area contributed by atoms with Gasteiger partial charge in [-0.05, 0) is 30.7 Å². The van der Waals surface area contributed by atoms with Crippen LogP contribution in [0.1, 0.15) is 24.8 Å². The Bertz CT molecular complexity index is 416. The molecule has 1 saturated heterocycles. The highest BCUT2D eigenvalue weighted by Crippen LogP contribution is 2.21. The quantitative estimate of drug-likeness (QED) is 0.756. The predicted octanol–water partition coefficient (Wildman–Crippen LogP) is 3.61. The second kappa shape index (κ2) is 6.98. The van der Waals surface area contributed by atoms with E-state index in [0.717, 1.165) is 37.9 Å². The van der Waals surface area contributed by atoms with E-state index in [1.165, 1.54) is 0 Å². The fraction of sp³-hybridized carbons (Fsp3) is 0.438. The molecule has 1 aromatic rings. The molecule has 0 spiro atoms. The first-order valence-corrected chi connectivity index (χ1v) is 6.86. The summed E-state index contributed by atoms with van der Waals surface area (Å²) < 4.78 is 5.33. The molecule has 0 aromatic heterocycles. The Labute approximate surface area is 114 Å². The van der Waals surface area contributed by atoms with Crippen LogP contribution in [0.25, 0.3) is 0 Å². The number of carbonyl (C=O) groups is 1. The molecule has 102 valence electrons. The monoisotopic (exact) mass is 259 g/mol. The number of allylic oxidation sites excluding steroid dienone is 1. The first kappa shape index (κ1) is 13.7. The van der Waals surface area contributed by atoms with Gasteiger partial charge in [0.2, 0.25) is 0 Å². The minimum absolute atomic E-state index is 0.190. The molecule has 3 nitrogen and oxygen atoms in total. The van der Waals surface area contributed by atoms with Crippen LogP contribution in [-0.4, -0.2) is 24.1 Å². The number of hydrogen-bond acceptors (Lipinski definition) is 2. The summed E-state index contributed by atoms with van der Waals surface area (Å²) in [5, 5.41) is 0. The van der Waals surface area contributed by atoms with E-state index in [-0.39, 0.29) is 6.09 Å². The molecular weight excluding hydrogens is 238 g/mol. The molecule has 0 aliphatic carbocycles. The van der Waals surface area contributed by atoms with Gasteiger partial charge in [0.15, 0.2) is 0 Å². The van der Waals surface area contributed by atoms with Gasteiger partial charge in [-0.3, -0.25) is 0 Å². The van der Waals surface area contributed by atoms with E-state index >= 15 is 0 Å². The molecule has 19 heavy (non-hydrogen) atoms. The molecule has 1 aliphatic rings. The Kier molecular flexibility index (Phi) is 5.01. The van der Waals surface area contributed by atoms with Crippen molar-refractivity contribution in [1.82, 2.24) is 4.90 Å². The Balaban J connectivity index is 1.74. The molecule has 1 aliphatic heterocycles. The largest absolute Gasteiger partial charge is 0.445 e. The van der Waals surface area contributed by atoms with E-state index in [9.17, 15) is 4.79 Å². The maximum atomic E-state index is 11.9. The van der Waals surface area contributed by atoms with E-state index in [1.54, 1.807) is 0 Å². The van der Waals surface area contributed by atoms with Gasteiger partial charge in [0, 0.05) is 13.1 Å². The van der Waals surface area contributed by atoms with Crippen LogP contribution in [0.2, 0.25) is 0 Å². The second-order valence-electron chi connectivity index (χ2n) is 5.01. The maximum Gasteiger partial charge on any atom is 0.410 e. The highest BCUT2D eigenvalue weighted by molar-refractivity contribution is 5.68. The second-order valence-corrected chi connectivity index (χ2v) is 5.01. The van der Waals surface area contributed by atoms with Crippen LogP contribution in [0, 0.1) is 5.92 Å². The van der Waals surface area contributed by atoms with E-state index in [4.69, 9.17) is 4.74 Å². The summed E-state index contributed by atoms with van der Waals surface area (Å²) in [5.41, 5.74) is 1.03. The lowest BCUT2D eigenvalue weighted by atomic mass is 10.0. The third-order valence-corrected chi connectivity index (χ3v) is 3.53. The minimum Gasteiger partial charge on any atom is -0.445 e. The van der Waals surface area contributed by atoms with Crippen LogP contribution >= 0.6 is 0 Å². The van der Waals surface area contributed by atoms with Crippen molar-refractivity contribution in [3.05, 3.63) is 48.6 Å². The lowest BCUT2D eigenvalue weighted by Crippen LogP contribution is -2.29. The van der Waals surface area contributed by atoms with Gasteiger partial charge in [-0.15, -0.1) is 6.58 Å². The molecule has 1 heterocycles. The van der Waals surface area contributed by atoms with Crippen molar-refractivity contribution in [3.8, 4) is 0 Å². The SMILES string of the molecule is C=CCC[C@@H]1CCN(C(=O)OCc2ccccc2)C1. The van der Waals surface area contributed by atoms with Gasteiger partial charge >= 0.3 is 6.09 Å². The van der Waals surface area contributed by atoms with Crippen molar-refractivity contribution in [1.29, 1.82) is 0 Å². The van der Waals surface area contributed by atoms with Gasteiger partial charge in [-0.1, -0.05) is 36.4 Å². The molecule has 1 aromatic carbocycles. The number of nitrogens with zero attached hydrogens (tertiary/aromatic N) is 1. The molecule has 1 atom stereocenters. The minimum atomic E-state index is -0.190. The normalized spacial score (nSPS) is 18.3. The van der Waals surface area contributed by atoms with Crippen molar-refractivity contribution >= 4 is 6.09 Å². The van der Waals surface area contributed by atoms with Crippen LogP contribution in [0.15, 0.2) is 43.0 Å². The summed E-state index contributed by atoms with van der Waals surface area (Å²) in [4.78, 5) is 13.7. The molecule has 3 heteroatoms. The maximum absolute atomic E-state index is 11.9. The fourth-order valence-electron chi connectivity index (χ4n) is 2.40. The third-order valence-electron chi connectivity index (χ3n) is 3.53. The van der Waals surface area contributed by atoms with Crippen molar-refractivity contribution < 1.29 is 9.53 Å². The van der Waals surface area contributed by atoms with Crippen LogP contribution in [0.5, 0.6) is 0 Å². The Morgan fingerprint density at radius 3 is 2.95 bits per heavy atom. The van der Waals surface area contributed by atoms with Gasteiger partial charge in [-0.25, -0.2) is 4.79 Å². The first-order chi connectivity index (χ1) is 9.29. The summed E-state index contributed by atoms with van der Waals surface area (Å²) >= 11 is 0. The molecule has 0 radical (unpaired) electrons. The molecule has 0 saturated carbocycles. The van der Waals surface area contributed by atoms with Crippen LogP contribution in [0.3, 0.4) is 0 Å². The molecule has 0 N–H and O–H groups in total. The van der Waals surface area contributed by atoms with Crippen LogP contribution < -0.4 is 0 Å². The number of rotatable bonds is 5. The summed E-state index contributed by atoms with van der Waals surface area (Å²) in [5.74, 6) is 0.599. The average Bonchev–Trinajstić information content (AvgIpc) is 2.92. The molecule has 1 fully saturated rings. The number of benzene rings is 1. The smallest absolute Gasteiger partial charge is 0.410 e. The van der Waals surface area contributed by atoms with Gasteiger partial charge in [0.1, 0.15) is 6.61 Å². The summed E-state index contributed by atoms with van der Waals surface area (Å²) in [6, 6.07) is 9.78. The van der Waals surface area contributed by atoms with E-state index in [0.29, 0.717) is 12.5 Å². The zero-order chi connectivity index (χ0) is 13.5. The molecule has 0 unspecified atom stereocenters. The zero-order valence-electron chi connectivity index (χ0n) is 11.3. The number of ether oxygens (including phenoxy) is 1. The Morgan fingerprint density at radius 1 is 1.42 bits per heavy atom. The number of likely N-dealkylation sites (tertiary alicyclic amines) is 1. The molecule has 1 amide bonds. The van der Waals surface area contributed by atoms with Crippen molar-refractivity contribution in [2.45, 2.75) is 25.9 Å². The van der Waals surface area contributed by atoms with Crippen molar-refractivity contribution in [2.75, 3.05) is 13.1 Å². The zero-order valence-corrected chi connectivity index (χ0v) is 11.3. The van der Waals surface area contributed by atoms with Gasteiger partial charge < -0.3 is 9.64 Å². The lowest BCUT2D eigenvalue weighted by Gasteiger charge is -2.16. The molecule has 0 bridgehead atoms. The van der Waals surface area contributed by atoms with Gasteiger partial charge in [-0.2, -0.15) is 0 Å². The van der Waals surface area contributed by atoms with Crippen LogP contribution in [0.4, 0.5) is 4.79 Å². The van der Waals surface area contributed by atoms with E-state index in [1.807, 2.05) is 41.3 Å². The summed E-state index contributed by atoms with van der Waals surface area (Å²) in [6.07, 6.45) is 4.97. The Morgan fingerprint density at radius 2 is 2.21 bits per heavy atom. The highest BCUT2D eigenvalue weighted by atomic mass is 16.6. The first-order valence-electron chi connectivity index (χ1n) is 6.86. The van der Waals surface area contributed by atoms with E-state index < -0.39 is 0 Å². The Hall–Kier alpha value is -1.77. The lowest BCUT2D eigenvalue weighted by molar-refractivity contribution is 0.103. The highest BCUT2D eigenvalue weighted by Gasteiger charge is 2.26. The number of carbonyl (C=O) groups excluding carboxylic acids is 1. The van der Waals surface area contributed by atoms with E-state index in [2.05, 4.69) is 6.58 Å². The van der Waals surface area contributed by atoms with Gasteiger partial charge in [0.05, 0.1) is 0 Å². The number of amides is 1.